The van der Waals surface area contributed by atoms with Crippen LogP contribution in [0.4, 0.5) is 0 Å². The lowest BCUT2D eigenvalue weighted by molar-refractivity contribution is 0.00137. The third-order valence-electron chi connectivity index (χ3n) is 14.3. The largest absolute Gasteiger partial charge is 0.670 e. The lowest BCUT2D eigenvalue weighted by Crippen LogP contribution is -2.67. The summed E-state index contributed by atoms with van der Waals surface area (Å²) in [5, 5.41) is 0. The molecule has 123 heavy (non-hydrogen) atoms. The van der Waals surface area contributed by atoms with Crippen LogP contribution in [-0.4, -0.2) is 268 Å². The molecule has 0 atom stereocenters. The van der Waals surface area contributed by atoms with Crippen molar-refractivity contribution in [2.75, 3.05) is 19.8 Å². The lowest BCUT2D eigenvalue weighted by atomic mass is 10.9. The Kier molecular flexibility index (Phi) is 46.3. The van der Waals surface area contributed by atoms with Crippen molar-refractivity contribution in [3.63, 3.8) is 0 Å². The molecule has 0 bridgehead atoms. The molecular weight excluding hydrogens is 2070 g/mol. The first-order valence-electron chi connectivity index (χ1n) is 43.5. The van der Waals surface area contributed by atoms with E-state index in [1.54, 1.807) is 0 Å². The van der Waals surface area contributed by atoms with Gasteiger partial charge in [-0.3, -0.25) is 0 Å². The second kappa shape index (κ2) is 44.5. The molecule has 0 aromatic heterocycles. The van der Waals surface area contributed by atoms with E-state index in [1.165, 1.54) is 0 Å². The first-order chi connectivity index (χ1) is 53.0. The predicted octanol–water partition coefficient (Wildman–Crippen LogP) is 21.8. The summed E-state index contributed by atoms with van der Waals surface area (Å²) in [5.41, 5.74) is 0. The molecule has 0 aromatic rings. The molecule has 0 fully saturated rings. The first-order valence-corrected chi connectivity index (χ1v) is 125. The van der Waals surface area contributed by atoms with Gasteiger partial charge in [0.05, 0.1) is 0 Å². The second-order valence-corrected chi connectivity index (χ2v) is 151. The van der Waals surface area contributed by atoms with Gasteiger partial charge in [-0.1, -0.05) is 0 Å². The van der Waals surface area contributed by atoms with Crippen molar-refractivity contribution in [1.82, 2.24) is 0 Å². The Morgan fingerprint density at radius 3 is 0.244 bits per heavy atom. The topological polar surface area (TPSA) is 286 Å². The highest BCUT2D eigenvalue weighted by molar-refractivity contribution is 6.99. The smallest absolute Gasteiger partial charge is 0.416 e. The Bertz CT molecular complexity index is 3180. The first kappa shape index (κ1) is 128. The third kappa shape index (κ3) is 58.0. The molecule has 0 saturated carbocycles. The van der Waals surface area contributed by atoms with Crippen molar-refractivity contribution < 1.29 is 129 Å². The predicted molar refractivity (Wildman–Crippen MR) is 566 cm³/mol. The van der Waals surface area contributed by atoms with Crippen LogP contribution in [0.15, 0.2) is 0 Å². The SMILES string of the molecule is CCO[Si](OCC)(OCC)O[Si](C)(C)O[Si](C)(C)O[Si](C)(C)O[Si](C)(C)O[Si](C)(C)O[Si](C)(C)O[Si](C)(C)O[Si](C)(C)O[Si](C)(C)O[Si](C)(C)O[Si](C)(C)O[Si](C)(C)O[Si](C)(C)O[Si](C)(C)O[Si](C)(C)O[Si](C)(C)O[Si](C)(C)O[Si](C)(C)O[Si](C)(C)O[Si](C)(C)O[Si](C)(C)O[Si](C)(C)O[Si](C)(C)O[Si](C)(C)O[Si](O[Si](C)(C)C)(O[Si](C)(C)C)O[Si](C)(C)C. The highest BCUT2D eigenvalue weighted by atomic mass is 28.6. The molecule has 0 aromatic carbocycles. The normalized spacial score (nSPS) is 16.1. The van der Waals surface area contributed by atoms with Crippen molar-refractivity contribution in [3.05, 3.63) is 0 Å². The molecule has 0 aliphatic heterocycles. The van der Waals surface area contributed by atoms with Gasteiger partial charge in [-0.2, -0.15) is 0 Å². The van der Waals surface area contributed by atoms with Crippen molar-refractivity contribution in [3.8, 4) is 0 Å². The molecule has 0 aliphatic carbocycles. The average molecular weight is 2250 g/mol. The zero-order chi connectivity index (χ0) is 98.5. The van der Waals surface area contributed by atoms with Gasteiger partial charge in [-0.25, -0.2) is 0 Å². The molecule has 0 heterocycles. The van der Waals surface area contributed by atoms with Crippen LogP contribution in [-0.2, 0) is 129 Å². The van der Waals surface area contributed by atoms with Gasteiger partial charge in [-0.15, -0.1) is 0 Å². The molecule has 0 unspecified atom stereocenters. The summed E-state index contributed by atoms with van der Waals surface area (Å²) in [6, 6.07) is 0. The third-order valence-corrected chi connectivity index (χ3v) is 123. The maximum atomic E-state index is 7.07. The number of rotatable bonds is 62. The van der Waals surface area contributed by atoms with Crippen LogP contribution in [0.1, 0.15) is 20.8 Å². The highest BCUT2D eigenvalue weighted by Crippen LogP contribution is 2.39. The molecule has 60 heteroatoms. The van der Waals surface area contributed by atoms with Gasteiger partial charge in [-0.05, 0) is 394 Å². The standard InChI is InChI=1S/C63H186O31Si29/c1-61-64-122(65-62-2,66-63-3)93-120(57,58)91-118(53,54)89-116(49,50)87-114(45,46)85-112(41,42)83-110(37,38)81-108(33,34)79-106(29,30)77-104(25,26)75-102(21,22)73-100(17,18)71-98(13,14)70-99(15,16)72-101(19,20)74-103(23,24)76-105(27,28)78-107(31,32)80-109(35,36)82-111(39,40)84-113(43,44)86-115(47,48)88-117(51,52)90-119(55,56)92-121(59,60)94-123(67-95(4,5)6,68-96(7,8)9)69-97(10,11)12/h61-63H2,1-60H3. The quantitative estimate of drug-likeness (QED) is 0.0511. The van der Waals surface area contributed by atoms with E-state index < -0.39 is 249 Å². The summed E-state index contributed by atoms with van der Waals surface area (Å²) < 4.78 is 213. The zero-order valence-corrected chi connectivity index (χ0v) is 118. The summed E-state index contributed by atoms with van der Waals surface area (Å²) in [4.78, 5) is 0. The summed E-state index contributed by atoms with van der Waals surface area (Å²) in [7, 11) is -84.1. The average Bonchev–Trinajstić information content (AvgIpc) is 0.768. The Hall–Kier alpha value is 5.05. The molecule has 0 spiro atoms. The Morgan fingerprint density at radius 2 is 0.171 bits per heavy atom. The fourth-order valence-electron chi connectivity index (χ4n) is 16.7. The van der Waals surface area contributed by atoms with E-state index in [0.29, 0.717) is 19.8 Å². The van der Waals surface area contributed by atoms with Crippen molar-refractivity contribution >= 4 is 249 Å². The Morgan fingerprint density at radius 1 is 0.0976 bits per heavy atom. The lowest BCUT2D eigenvalue weighted by Gasteiger charge is -2.46. The van der Waals surface area contributed by atoms with Gasteiger partial charge in [0.1, 0.15) is 0 Å². The zero-order valence-electron chi connectivity index (χ0n) is 89.3. The van der Waals surface area contributed by atoms with E-state index in [-0.39, 0.29) is 0 Å². The maximum absolute atomic E-state index is 7.07. The molecular formula is C63H186O31Si29. The summed E-state index contributed by atoms with van der Waals surface area (Å²) in [6.07, 6.45) is 0. The minimum Gasteiger partial charge on any atom is -0.416 e. The van der Waals surface area contributed by atoms with Crippen LogP contribution >= 0.6 is 0 Å². The fourth-order valence-corrected chi connectivity index (χ4v) is 158. The van der Waals surface area contributed by atoms with Crippen molar-refractivity contribution in [1.29, 1.82) is 0 Å². The maximum Gasteiger partial charge on any atom is 0.670 e. The van der Waals surface area contributed by atoms with E-state index in [9.17, 15) is 0 Å². The van der Waals surface area contributed by atoms with Gasteiger partial charge >= 0.3 is 224 Å². The Labute approximate surface area is 783 Å². The Balaban J connectivity index is 6.07. The van der Waals surface area contributed by atoms with Gasteiger partial charge in [0, 0.05) is 19.8 Å². The van der Waals surface area contributed by atoms with Crippen molar-refractivity contribution in [2.24, 2.45) is 0 Å². The molecule has 0 N–H and O–H groups in total. The van der Waals surface area contributed by atoms with Crippen LogP contribution in [0.25, 0.3) is 0 Å². The molecule has 0 rings (SSSR count). The minimum absolute atomic E-state index is 0.382. The van der Waals surface area contributed by atoms with E-state index in [0.717, 1.165) is 0 Å². The molecule has 0 saturated heterocycles. The van der Waals surface area contributed by atoms with E-state index in [4.69, 9.17) is 129 Å². The van der Waals surface area contributed by atoms with Crippen molar-refractivity contribution in [2.45, 2.75) is 394 Å². The highest BCUT2D eigenvalue weighted by Gasteiger charge is 2.62. The molecule has 0 amide bonds. The van der Waals surface area contributed by atoms with Crippen LogP contribution in [0, 0.1) is 0 Å². The van der Waals surface area contributed by atoms with Crippen LogP contribution < -0.4 is 0 Å². The molecule has 740 valence electrons. The summed E-state index contributed by atoms with van der Waals surface area (Å²) in [6.45, 7) is 124. The summed E-state index contributed by atoms with van der Waals surface area (Å²) in [5.74, 6) is 0. The van der Waals surface area contributed by atoms with Gasteiger partial charge in [0.2, 0.25) is 0 Å². The van der Waals surface area contributed by atoms with Crippen LogP contribution in [0.3, 0.4) is 0 Å². The van der Waals surface area contributed by atoms with E-state index in [2.05, 4.69) is 190 Å². The van der Waals surface area contributed by atoms with Gasteiger partial charge in [0.25, 0.3) is 0 Å². The van der Waals surface area contributed by atoms with E-state index in [1.807, 2.05) is 204 Å². The monoisotopic (exact) mass is 2250 g/mol. The molecule has 0 aliphatic rings. The fraction of sp³-hybridized carbons (Fsp3) is 1.00. The minimum atomic E-state index is -3.67. The molecule has 0 radical (unpaired) electrons. The van der Waals surface area contributed by atoms with Gasteiger partial charge in [0.15, 0.2) is 25.0 Å². The summed E-state index contributed by atoms with van der Waals surface area (Å²) >= 11 is 0. The van der Waals surface area contributed by atoms with Crippen LogP contribution in [0.2, 0.25) is 373 Å². The van der Waals surface area contributed by atoms with E-state index >= 15 is 0 Å². The van der Waals surface area contributed by atoms with Gasteiger partial charge < -0.3 is 129 Å². The number of hydrogen-bond acceptors (Lipinski definition) is 31. The second-order valence-electron chi connectivity index (χ2n) is 45.1. The molecule has 31 nitrogen and oxygen atoms in total. The number of hydrogen-bond donors (Lipinski definition) is 0. The van der Waals surface area contributed by atoms with Crippen LogP contribution in [0.5, 0.6) is 0 Å².